The summed E-state index contributed by atoms with van der Waals surface area (Å²) in [6.45, 7) is 6.50. The number of ether oxygens (including phenoxy) is 2. The van der Waals surface area contributed by atoms with Crippen LogP contribution in [0.5, 0.6) is 0 Å². The van der Waals surface area contributed by atoms with Crippen molar-refractivity contribution in [1.82, 2.24) is 0 Å². The Morgan fingerprint density at radius 3 is 2.68 bits per heavy atom. The Kier molecular flexibility index (Phi) is 5.42. The average molecular weight is 311 g/mol. The molecule has 0 spiro atoms. The van der Waals surface area contributed by atoms with E-state index in [1.54, 1.807) is 0 Å². The molecule has 1 fully saturated rings. The second kappa shape index (κ2) is 7.11. The summed E-state index contributed by atoms with van der Waals surface area (Å²) >= 11 is 0. The fourth-order valence-electron chi connectivity index (χ4n) is 3.21. The van der Waals surface area contributed by atoms with E-state index in [0.717, 1.165) is 12.8 Å². The van der Waals surface area contributed by atoms with E-state index in [9.17, 15) is 9.59 Å². The number of carbonyl (C=O) groups is 2. The Hall–Kier alpha value is -1.59. The van der Waals surface area contributed by atoms with Gasteiger partial charge in [0.25, 0.3) is 0 Å². The van der Waals surface area contributed by atoms with E-state index in [-0.39, 0.29) is 18.2 Å². The second-order valence-electron chi connectivity index (χ2n) is 6.63. The summed E-state index contributed by atoms with van der Waals surface area (Å²) in [5, 5.41) is 3.68. The van der Waals surface area contributed by atoms with Crippen LogP contribution >= 0.6 is 0 Å². The maximum Gasteiger partial charge on any atom is 0.356 e. The van der Waals surface area contributed by atoms with Gasteiger partial charge in [0, 0.05) is 0 Å². The lowest BCUT2D eigenvalue weighted by atomic mass is 9.75. The largest absolute Gasteiger partial charge is 0.466 e. The number of rotatable bonds is 4. The number of esters is 2. The monoisotopic (exact) mass is 311 g/mol. The molecule has 1 saturated carbocycles. The average Bonchev–Trinajstić information content (AvgIpc) is 2.96. The van der Waals surface area contributed by atoms with Crippen LogP contribution < -0.4 is 0 Å². The van der Waals surface area contributed by atoms with Crippen LogP contribution in [-0.2, 0) is 23.9 Å². The number of nitrogens with zero attached hydrogens (tertiary/aromatic N) is 1. The third-order valence-corrected chi connectivity index (χ3v) is 4.59. The highest BCUT2D eigenvalue weighted by molar-refractivity contribution is 6.37. The minimum atomic E-state index is -0.835. The number of methoxy groups -OCH3 is 1. The summed E-state index contributed by atoms with van der Waals surface area (Å²) in [7, 11) is 1.28. The van der Waals surface area contributed by atoms with Gasteiger partial charge in [-0.1, -0.05) is 32.3 Å². The van der Waals surface area contributed by atoms with Crippen molar-refractivity contribution in [2.75, 3.05) is 7.11 Å². The first-order valence-electron chi connectivity index (χ1n) is 7.93. The highest BCUT2D eigenvalue weighted by Gasteiger charge is 2.37. The van der Waals surface area contributed by atoms with Crippen LogP contribution in [0.25, 0.3) is 0 Å². The molecule has 0 aromatic rings. The summed E-state index contributed by atoms with van der Waals surface area (Å²) in [4.78, 5) is 28.6. The first-order chi connectivity index (χ1) is 10.4. The van der Waals surface area contributed by atoms with Crippen molar-refractivity contribution in [1.29, 1.82) is 0 Å². The van der Waals surface area contributed by atoms with E-state index in [0.29, 0.717) is 17.8 Å². The summed E-state index contributed by atoms with van der Waals surface area (Å²) in [6.07, 6.45) is 2.31. The van der Waals surface area contributed by atoms with Crippen LogP contribution in [0.1, 0.15) is 46.5 Å². The predicted octanol–water partition coefficient (Wildman–Crippen LogP) is 2.31. The fraction of sp³-hybridized carbons (Fsp3) is 0.812. The zero-order valence-electron chi connectivity index (χ0n) is 13.7. The molecule has 0 radical (unpaired) electrons. The van der Waals surface area contributed by atoms with Crippen molar-refractivity contribution >= 4 is 17.7 Å². The number of hydrogen-bond acceptors (Lipinski definition) is 6. The van der Waals surface area contributed by atoms with Gasteiger partial charge in [0.2, 0.25) is 6.10 Å². The molecular weight excluding hydrogens is 286 g/mol. The standard InChI is InChI=1S/C16H25NO5/c1-9(2)11-6-5-10(3)7-13(11)21-15(18)12-8-14(22-17-12)16(19)20-4/h9-11,13-14H,5-8H2,1-4H3/t10-,11+,13-,14?/m1/s1. The molecule has 1 aliphatic heterocycles. The lowest BCUT2D eigenvalue weighted by Gasteiger charge is -2.36. The molecule has 1 unspecified atom stereocenters. The molecule has 0 bridgehead atoms. The summed E-state index contributed by atoms with van der Waals surface area (Å²) < 4.78 is 10.3. The fourth-order valence-corrected chi connectivity index (χ4v) is 3.21. The zero-order valence-corrected chi connectivity index (χ0v) is 13.7. The van der Waals surface area contributed by atoms with Crippen molar-refractivity contribution in [3.05, 3.63) is 0 Å². The molecule has 1 aliphatic carbocycles. The van der Waals surface area contributed by atoms with E-state index in [4.69, 9.17) is 9.57 Å². The normalized spacial score (nSPS) is 31.4. The van der Waals surface area contributed by atoms with Gasteiger partial charge < -0.3 is 14.3 Å². The third kappa shape index (κ3) is 3.78. The lowest BCUT2D eigenvalue weighted by Crippen LogP contribution is -2.37. The van der Waals surface area contributed by atoms with Crippen LogP contribution in [0.15, 0.2) is 5.16 Å². The Morgan fingerprint density at radius 1 is 1.32 bits per heavy atom. The van der Waals surface area contributed by atoms with Gasteiger partial charge in [-0.2, -0.15) is 0 Å². The van der Waals surface area contributed by atoms with Gasteiger partial charge in [-0.25, -0.2) is 9.59 Å². The zero-order chi connectivity index (χ0) is 16.3. The van der Waals surface area contributed by atoms with E-state index >= 15 is 0 Å². The molecule has 0 N–H and O–H groups in total. The molecule has 6 nitrogen and oxygen atoms in total. The number of oxime groups is 1. The Labute approximate surface area is 131 Å². The van der Waals surface area contributed by atoms with Crippen molar-refractivity contribution in [3.8, 4) is 0 Å². The molecule has 0 aromatic heterocycles. The van der Waals surface area contributed by atoms with Crippen molar-refractivity contribution in [3.63, 3.8) is 0 Å². The minimum Gasteiger partial charge on any atom is -0.466 e. The molecule has 6 heteroatoms. The number of hydrogen-bond donors (Lipinski definition) is 0. The van der Waals surface area contributed by atoms with Gasteiger partial charge in [-0.15, -0.1) is 0 Å². The van der Waals surface area contributed by atoms with Gasteiger partial charge in [0.1, 0.15) is 6.10 Å². The van der Waals surface area contributed by atoms with Crippen molar-refractivity contribution < 1.29 is 23.9 Å². The molecule has 1 heterocycles. The second-order valence-corrected chi connectivity index (χ2v) is 6.63. The van der Waals surface area contributed by atoms with Crippen LogP contribution in [0, 0.1) is 17.8 Å². The van der Waals surface area contributed by atoms with Gasteiger partial charge in [0.15, 0.2) is 5.71 Å². The lowest BCUT2D eigenvalue weighted by molar-refractivity contribution is -0.152. The van der Waals surface area contributed by atoms with Crippen molar-refractivity contribution in [2.24, 2.45) is 22.9 Å². The van der Waals surface area contributed by atoms with E-state index in [1.165, 1.54) is 13.5 Å². The van der Waals surface area contributed by atoms with Gasteiger partial charge in [-0.3, -0.25) is 0 Å². The molecule has 22 heavy (non-hydrogen) atoms. The van der Waals surface area contributed by atoms with E-state index in [1.807, 2.05) is 0 Å². The maximum atomic E-state index is 12.3. The van der Waals surface area contributed by atoms with E-state index < -0.39 is 18.0 Å². The van der Waals surface area contributed by atoms with Crippen LogP contribution in [-0.4, -0.2) is 37.0 Å². The first-order valence-corrected chi connectivity index (χ1v) is 7.93. The van der Waals surface area contributed by atoms with Gasteiger partial charge in [-0.05, 0) is 30.6 Å². The summed E-state index contributed by atoms with van der Waals surface area (Å²) in [6, 6.07) is 0. The molecule has 0 amide bonds. The topological polar surface area (TPSA) is 74.2 Å². The number of carbonyl (C=O) groups excluding carboxylic acids is 2. The van der Waals surface area contributed by atoms with Crippen molar-refractivity contribution in [2.45, 2.75) is 58.7 Å². The van der Waals surface area contributed by atoms with E-state index in [2.05, 4.69) is 30.7 Å². The van der Waals surface area contributed by atoms with Crippen LogP contribution in [0.3, 0.4) is 0 Å². The molecule has 4 atom stereocenters. The molecular formula is C16H25NO5. The van der Waals surface area contributed by atoms with Crippen LogP contribution in [0.2, 0.25) is 0 Å². The Balaban J connectivity index is 1.94. The molecule has 2 rings (SSSR count). The molecule has 0 saturated heterocycles. The smallest absolute Gasteiger partial charge is 0.356 e. The first kappa shape index (κ1) is 16.8. The SMILES string of the molecule is COC(=O)C1CC(C(=O)O[C@@H]2C[C@H](C)CC[C@H]2C(C)C)=NO1. The predicted molar refractivity (Wildman–Crippen MR) is 80.2 cm³/mol. The Bertz CT molecular complexity index is 459. The van der Waals surface area contributed by atoms with Crippen LogP contribution in [0.4, 0.5) is 0 Å². The molecule has 2 aliphatic rings. The highest BCUT2D eigenvalue weighted by Crippen LogP contribution is 2.35. The summed E-state index contributed by atoms with van der Waals surface area (Å²) in [5.74, 6) is 0.390. The van der Waals surface area contributed by atoms with Gasteiger partial charge >= 0.3 is 11.9 Å². The van der Waals surface area contributed by atoms with Gasteiger partial charge in [0.05, 0.1) is 13.5 Å². The maximum absolute atomic E-state index is 12.3. The molecule has 0 aromatic carbocycles. The highest BCUT2D eigenvalue weighted by atomic mass is 16.7. The third-order valence-electron chi connectivity index (χ3n) is 4.59. The quantitative estimate of drug-likeness (QED) is 0.745. The Morgan fingerprint density at radius 2 is 2.05 bits per heavy atom. The molecule has 124 valence electrons. The minimum absolute atomic E-state index is 0.0869. The summed E-state index contributed by atoms with van der Waals surface area (Å²) in [5.41, 5.74) is 0.163.